The maximum atomic E-state index is 13.9. The summed E-state index contributed by atoms with van der Waals surface area (Å²) in [6.07, 6.45) is -0.0871. The van der Waals surface area contributed by atoms with Gasteiger partial charge in [0.25, 0.3) is 0 Å². The zero-order valence-electron chi connectivity index (χ0n) is 22.2. The molecule has 192 valence electrons. The van der Waals surface area contributed by atoms with Crippen LogP contribution in [0.4, 0.5) is 4.79 Å². The van der Waals surface area contributed by atoms with E-state index >= 15 is 0 Å². The van der Waals surface area contributed by atoms with Crippen LogP contribution in [0, 0.1) is 19.8 Å². The van der Waals surface area contributed by atoms with E-state index in [1.807, 2.05) is 59.7 Å². The first-order valence-corrected chi connectivity index (χ1v) is 12.0. The lowest BCUT2D eigenvalue weighted by Gasteiger charge is -2.36. The Bertz CT molecular complexity index is 847. The second kappa shape index (κ2) is 12.7. The fraction of sp³-hybridized carbons (Fsp3) is 0.654. The molecular formula is C26H43N3O5. The van der Waals surface area contributed by atoms with Gasteiger partial charge in [-0.05, 0) is 71.1 Å². The third-order valence-corrected chi connectivity index (χ3v) is 5.71. The van der Waals surface area contributed by atoms with Gasteiger partial charge in [-0.2, -0.15) is 0 Å². The van der Waals surface area contributed by atoms with Gasteiger partial charge < -0.3 is 25.4 Å². The average Bonchev–Trinajstić information content (AvgIpc) is 2.71. The standard InChI is InChI=1S/C26H43N3O5/c1-10-17(4)21(28-25(33)34-26(7,8)9)24(32)29(14-15-30)22(23(31)27-16(2)3)20-13-11-12-18(5)19(20)6/h11-13,16-17,21-22,30H,10,14-15H2,1-9H3,(H,27,31)(H,28,33). The number of rotatable bonds is 10. The Morgan fingerprint density at radius 3 is 2.21 bits per heavy atom. The molecule has 1 aromatic rings. The molecule has 0 aromatic heterocycles. The quantitative estimate of drug-likeness (QED) is 0.477. The van der Waals surface area contributed by atoms with Crippen LogP contribution in [0.15, 0.2) is 18.2 Å². The summed E-state index contributed by atoms with van der Waals surface area (Å²) in [5.41, 5.74) is 1.83. The number of ether oxygens (including phenoxy) is 1. The molecule has 0 radical (unpaired) electrons. The predicted octanol–water partition coefficient (Wildman–Crippen LogP) is 3.63. The Morgan fingerprint density at radius 1 is 1.09 bits per heavy atom. The second-order valence-corrected chi connectivity index (χ2v) is 10.1. The largest absolute Gasteiger partial charge is 0.444 e. The van der Waals surface area contributed by atoms with Gasteiger partial charge in [0.15, 0.2) is 0 Å². The van der Waals surface area contributed by atoms with Crippen molar-refractivity contribution in [2.75, 3.05) is 13.2 Å². The number of aryl methyl sites for hydroxylation is 1. The molecule has 3 atom stereocenters. The van der Waals surface area contributed by atoms with E-state index in [2.05, 4.69) is 10.6 Å². The number of alkyl carbamates (subject to hydrolysis) is 1. The van der Waals surface area contributed by atoms with Gasteiger partial charge in [0, 0.05) is 12.6 Å². The molecule has 8 heteroatoms. The molecule has 0 fully saturated rings. The van der Waals surface area contributed by atoms with Crippen molar-refractivity contribution < 1.29 is 24.2 Å². The van der Waals surface area contributed by atoms with Gasteiger partial charge in [-0.1, -0.05) is 38.5 Å². The van der Waals surface area contributed by atoms with Crippen LogP contribution in [0.1, 0.15) is 77.6 Å². The fourth-order valence-corrected chi connectivity index (χ4v) is 3.65. The summed E-state index contributed by atoms with van der Waals surface area (Å²) in [6, 6.07) is 3.58. The third kappa shape index (κ3) is 8.31. The zero-order valence-corrected chi connectivity index (χ0v) is 22.2. The minimum atomic E-state index is -0.964. The van der Waals surface area contributed by atoms with E-state index in [0.717, 1.165) is 11.1 Å². The number of nitrogens with one attached hydrogen (secondary N) is 2. The maximum absolute atomic E-state index is 13.9. The number of aliphatic hydroxyl groups excluding tert-OH is 1. The molecule has 3 N–H and O–H groups in total. The normalized spacial score (nSPS) is 14.2. The molecule has 0 heterocycles. The van der Waals surface area contributed by atoms with Crippen molar-refractivity contribution in [2.24, 2.45) is 5.92 Å². The summed E-state index contributed by atoms with van der Waals surface area (Å²) in [5.74, 6) is -1.02. The van der Waals surface area contributed by atoms with Crippen LogP contribution in [0.3, 0.4) is 0 Å². The van der Waals surface area contributed by atoms with Gasteiger partial charge in [-0.25, -0.2) is 4.79 Å². The van der Waals surface area contributed by atoms with Crippen molar-refractivity contribution >= 4 is 17.9 Å². The number of benzene rings is 1. The first kappa shape index (κ1) is 29.4. The van der Waals surface area contributed by atoms with Crippen LogP contribution in [0.5, 0.6) is 0 Å². The average molecular weight is 478 g/mol. The number of hydrogen-bond acceptors (Lipinski definition) is 5. The molecule has 3 amide bonds. The van der Waals surface area contributed by atoms with Crippen molar-refractivity contribution in [3.05, 3.63) is 34.9 Å². The highest BCUT2D eigenvalue weighted by molar-refractivity contribution is 5.92. The highest BCUT2D eigenvalue weighted by atomic mass is 16.6. The van der Waals surface area contributed by atoms with Gasteiger partial charge in [0.1, 0.15) is 17.7 Å². The van der Waals surface area contributed by atoms with E-state index in [0.29, 0.717) is 12.0 Å². The molecule has 0 saturated carbocycles. The maximum Gasteiger partial charge on any atom is 0.408 e. The molecule has 0 aliphatic heterocycles. The van der Waals surface area contributed by atoms with Crippen molar-refractivity contribution in [1.29, 1.82) is 0 Å². The Hall–Kier alpha value is -2.61. The van der Waals surface area contributed by atoms with Crippen LogP contribution in [-0.4, -0.2) is 58.8 Å². The second-order valence-electron chi connectivity index (χ2n) is 10.1. The van der Waals surface area contributed by atoms with Crippen molar-refractivity contribution in [1.82, 2.24) is 15.5 Å². The van der Waals surface area contributed by atoms with Gasteiger partial charge in [-0.3, -0.25) is 9.59 Å². The summed E-state index contributed by atoms with van der Waals surface area (Å²) >= 11 is 0. The Labute approximate surface area is 204 Å². The van der Waals surface area contributed by atoms with Crippen molar-refractivity contribution in [3.63, 3.8) is 0 Å². The molecule has 3 unspecified atom stereocenters. The summed E-state index contributed by atoms with van der Waals surface area (Å²) in [7, 11) is 0. The molecule has 0 aliphatic rings. The lowest BCUT2D eigenvalue weighted by atomic mass is 9.93. The van der Waals surface area contributed by atoms with Gasteiger partial charge >= 0.3 is 6.09 Å². The first-order valence-electron chi connectivity index (χ1n) is 12.0. The summed E-state index contributed by atoms with van der Waals surface area (Å²) < 4.78 is 5.38. The van der Waals surface area contributed by atoms with Crippen LogP contribution in [0.2, 0.25) is 0 Å². The molecule has 0 spiro atoms. The highest BCUT2D eigenvalue weighted by Gasteiger charge is 2.38. The SMILES string of the molecule is CCC(C)C(NC(=O)OC(C)(C)C)C(=O)N(CCO)C(C(=O)NC(C)C)c1cccc(C)c1C. The topological polar surface area (TPSA) is 108 Å². The Morgan fingerprint density at radius 2 is 1.71 bits per heavy atom. The molecule has 1 aromatic carbocycles. The summed E-state index contributed by atoms with van der Waals surface area (Å²) in [4.78, 5) is 41.2. The zero-order chi connectivity index (χ0) is 26.2. The fourth-order valence-electron chi connectivity index (χ4n) is 3.65. The monoisotopic (exact) mass is 477 g/mol. The lowest BCUT2D eigenvalue weighted by Crippen LogP contribution is -2.56. The van der Waals surface area contributed by atoms with Crippen LogP contribution >= 0.6 is 0 Å². The molecule has 8 nitrogen and oxygen atoms in total. The van der Waals surface area contributed by atoms with Gasteiger partial charge in [-0.15, -0.1) is 0 Å². The smallest absolute Gasteiger partial charge is 0.408 e. The third-order valence-electron chi connectivity index (χ3n) is 5.71. The molecule has 0 aliphatic carbocycles. The van der Waals surface area contributed by atoms with Crippen LogP contribution < -0.4 is 10.6 Å². The summed E-state index contributed by atoms with van der Waals surface area (Å²) in [5, 5.41) is 15.5. The molecule has 0 bridgehead atoms. The van der Waals surface area contributed by atoms with E-state index in [4.69, 9.17) is 4.74 Å². The Balaban J connectivity index is 3.53. The number of carbonyl (C=O) groups is 3. The minimum absolute atomic E-state index is 0.0642. The number of carbonyl (C=O) groups excluding carboxylic acids is 3. The van der Waals surface area contributed by atoms with E-state index in [1.54, 1.807) is 20.8 Å². The number of hydrogen-bond donors (Lipinski definition) is 3. The van der Waals surface area contributed by atoms with E-state index in [9.17, 15) is 19.5 Å². The first-order chi connectivity index (χ1) is 15.7. The van der Waals surface area contributed by atoms with Gasteiger partial charge in [0.2, 0.25) is 11.8 Å². The van der Waals surface area contributed by atoms with E-state index < -0.39 is 29.7 Å². The highest BCUT2D eigenvalue weighted by Crippen LogP contribution is 2.28. The molecule has 0 saturated heterocycles. The molecular weight excluding hydrogens is 434 g/mol. The van der Waals surface area contributed by atoms with Crippen LogP contribution in [-0.2, 0) is 14.3 Å². The predicted molar refractivity (Wildman–Crippen MR) is 133 cm³/mol. The minimum Gasteiger partial charge on any atom is -0.444 e. The number of nitrogens with zero attached hydrogens (tertiary/aromatic N) is 1. The van der Waals surface area contributed by atoms with E-state index in [1.165, 1.54) is 4.90 Å². The lowest BCUT2D eigenvalue weighted by molar-refractivity contribution is -0.144. The van der Waals surface area contributed by atoms with Crippen LogP contribution in [0.25, 0.3) is 0 Å². The summed E-state index contributed by atoms with van der Waals surface area (Å²) in [6.45, 7) is 16.2. The Kier molecular flexibility index (Phi) is 11.0. The molecule has 1 rings (SSSR count). The van der Waals surface area contributed by atoms with E-state index in [-0.39, 0.29) is 31.0 Å². The van der Waals surface area contributed by atoms with Crippen molar-refractivity contribution in [3.8, 4) is 0 Å². The number of aliphatic hydroxyl groups is 1. The number of amides is 3. The van der Waals surface area contributed by atoms with Gasteiger partial charge in [0.05, 0.1) is 6.61 Å². The van der Waals surface area contributed by atoms with Crippen molar-refractivity contribution in [2.45, 2.75) is 92.5 Å². The molecule has 34 heavy (non-hydrogen) atoms.